The first-order chi connectivity index (χ1) is 2.00. The fourth-order valence-corrected chi connectivity index (χ4v) is 0. The molecule has 0 radical (unpaired) electrons. The van der Waals surface area contributed by atoms with E-state index in [2.05, 4.69) is 11.6 Å². The van der Waals surface area contributed by atoms with Crippen LogP contribution in [0, 0.1) is 0 Å². The van der Waals surface area contributed by atoms with Crippen molar-refractivity contribution in [1.82, 2.24) is 0 Å². The third-order valence-electron chi connectivity index (χ3n) is 0. The van der Waals surface area contributed by atoms with Gasteiger partial charge in [-0.3, -0.25) is 0 Å². The SMILES string of the molecule is C.CC.CCl. The average molecular weight is 96.6 g/mol. The number of alkyl halides is 1. The Kier molecular flexibility index (Phi) is 2050. The van der Waals surface area contributed by atoms with Crippen molar-refractivity contribution in [2.45, 2.75) is 21.3 Å². The molecule has 0 atom stereocenters. The van der Waals surface area contributed by atoms with E-state index < -0.39 is 0 Å². The number of hydrogen-bond acceptors (Lipinski definition) is 0. The van der Waals surface area contributed by atoms with E-state index in [1.807, 2.05) is 13.8 Å². The Labute approximate surface area is 40.1 Å². The lowest BCUT2D eigenvalue weighted by molar-refractivity contribution is 1.50. The highest BCUT2D eigenvalue weighted by atomic mass is 35.5. The zero-order chi connectivity index (χ0) is 4.00. The summed E-state index contributed by atoms with van der Waals surface area (Å²) < 4.78 is 0. The summed E-state index contributed by atoms with van der Waals surface area (Å²) >= 11 is 4.64. The summed E-state index contributed by atoms with van der Waals surface area (Å²) in [5, 5.41) is 0. The van der Waals surface area contributed by atoms with Crippen molar-refractivity contribution >= 4 is 11.6 Å². The zero-order valence-electron chi connectivity index (χ0n) is 3.38. The molecule has 0 aromatic carbocycles. The summed E-state index contributed by atoms with van der Waals surface area (Å²) in [6.45, 7) is 4.00. The van der Waals surface area contributed by atoms with Crippen LogP contribution in [0.4, 0.5) is 0 Å². The van der Waals surface area contributed by atoms with E-state index in [1.165, 1.54) is 6.38 Å². The molecule has 5 heavy (non-hydrogen) atoms. The van der Waals surface area contributed by atoms with Gasteiger partial charge >= 0.3 is 0 Å². The third kappa shape index (κ3) is 268. The van der Waals surface area contributed by atoms with Crippen LogP contribution < -0.4 is 0 Å². The molecular formula is C4H13Cl. The van der Waals surface area contributed by atoms with Gasteiger partial charge in [-0.15, -0.1) is 11.6 Å². The van der Waals surface area contributed by atoms with Crippen LogP contribution in [0.15, 0.2) is 0 Å². The van der Waals surface area contributed by atoms with Crippen molar-refractivity contribution in [3.05, 3.63) is 0 Å². The van der Waals surface area contributed by atoms with Gasteiger partial charge in [0.2, 0.25) is 0 Å². The Morgan fingerprint density at radius 1 is 1.00 bits per heavy atom. The van der Waals surface area contributed by atoms with Gasteiger partial charge in [0.15, 0.2) is 0 Å². The van der Waals surface area contributed by atoms with Crippen molar-refractivity contribution in [1.29, 1.82) is 0 Å². The molecule has 0 aliphatic carbocycles. The van der Waals surface area contributed by atoms with E-state index in [9.17, 15) is 0 Å². The molecule has 0 heterocycles. The van der Waals surface area contributed by atoms with Crippen LogP contribution in [0.25, 0.3) is 0 Å². The molecule has 0 N–H and O–H groups in total. The predicted molar refractivity (Wildman–Crippen MR) is 29.9 cm³/mol. The highest BCUT2D eigenvalue weighted by molar-refractivity contribution is 6.15. The lowest BCUT2D eigenvalue weighted by Gasteiger charge is -1.07. The van der Waals surface area contributed by atoms with Crippen molar-refractivity contribution in [3.63, 3.8) is 0 Å². The molecule has 0 rings (SSSR count). The van der Waals surface area contributed by atoms with Crippen LogP contribution in [0.2, 0.25) is 0 Å². The summed E-state index contributed by atoms with van der Waals surface area (Å²) in [5.41, 5.74) is 0. The first-order valence-corrected chi connectivity index (χ1v) is 2.13. The Bertz CT molecular complexity index is 3.61. The molecule has 0 amide bonds. The summed E-state index contributed by atoms with van der Waals surface area (Å²) in [4.78, 5) is 0. The molecule has 0 unspecified atom stereocenters. The number of hydrogen-bond donors (Lipinski definition) is 0. The molecule has 0 saturated carbocycles. The second-order valence-corrected chi connectivity index (χ2v) is 0. The second-order valence-electron chi connectivity index (χ2n) is 0. The molecule has 0 aliphatic rings. The fourth-order valence-electron chi connectivity index (χ4n) is 0. The van der Waals surface area contributed by atoms with Crippen molar-refractivity contribution in [2.24, 2.45) is 0 Å². The summed E-state index contributed by atoms with van der Waals surface area (Å²) in [6.07, 6.45) is 1.47. The molecule has 0 spiro atoms. The van der Waals surface area contributed by atoms with Gasteiger partial charge in [-0.05, 0) is 0 Å². The second kappa shape index (κ2) is 552. The molecule has 1 heteroatoms. The molecular weight excluding hydrogens is 83.5 g/mol. The molecule has 0 aromatic heterocycles. The standard InChI is InChI=1S/C2H6.CH3Cl.CH4/c2*1-2;/h1-2H3;1H3;1H4. The topological polar surface area (TPSA) is 0 Å². The first kappa shape index (κ1) is 18.6. The molecule has 36 valence electrons. The Hall–Kier alpha value is 0.290. The van der Waals surface area contributed by atoms with Crippen LogP contribution in [-0.2, 0) is 0 Å². The van der Waals surface area contributed by atoms with Gasteiger partial charge in [-0.25, -0.2) is 0 Å². The van der Waals surface area contributed by atoms with Crippen molar-refractivity contribution in [3.8, 4) is 0 Å². The number of halogens is 1. The van der Waals surface area contributed by atoms with E-state index in [1.54, 1.807) is 0 Å². The van der Waals surface area contributed by atoms with Gasteiger partial charge in [-0.1, -0.05) is 21.3 Å². The van der Waals surface area contributed by atoms with Gasteiger partial charge in [0.1, 0.15) is 0 Å². The fraction of sp³-hybridized carbons (Fsp3) is 1.00. The molecule has 0 nitrogen and oxygen atoms in total. The average Bonchev–Trinajstić information content (AvgIpc) is 1.50. The molecule has 0 bridgehead atoms. The Balaban J connectivity index is -0.0000000133. The minimum atomic E-state index is 0. The van der Waals surface area contributed by atoms with Crippen molar-refractivity contribution in [2.75, 3.05) is 6.38 Å². The monoisotopic (exact) mass is 96.1 g/mol. The van der Waals surface area contributed by atoms with E-state index in [-0.39, 0.29) is 7.43 Å². The van der Waals surface area contributed by atoms with Crippen LogP contribution in [0.1, 0.15) is 21.3 Å². The number of rotatable bonds is 0. The van der Waals surface area contributed by atoms with Gasteiger partial charge in [0.25, 0.3) is 0 Å². The quantitative estimate of drug-likeness (QED) is 0.407. The predicted octanol–water partition coefficient (Wildman–Crippen LogP) is 2.52. The van der Waals surface area contributed by atoms with Gasteiger partial charge in [0.05, 0.1) is 0 Å². The van der Waals surface area contributed by atoms with E-state index >= 15 is 0 Å². The summed E-state index contributed by atoms with van der Waals surface area (Å²) in [5.74, 6) is 0. The lowest BCUT2D eigenvalue weighted by Crippen LogP contribution is -0.856. The molecule has 0 aliphatic heterocycles. The largest absolute Gasteiger partial charge is 0.130 e. The van der Waals surface area contributed by atoms with E-state index in [4.69, 9.17) is 0 Å². The minimum absolute atomic E-state index is 0. The highest BCUT2D eigenvalue weighted by Crippen LogP contribution is 1.34. The van der Waals surface area contributed by atoms with Crippen LogP contribution in [0.5, 0.6) is 0 Å². The summed E-state index contributed by atoms with van der Waals surface area (Å²) in [7, 11) is 0. The molecule has 0 fully saturated rings. The van der Waals surface area contributed by atoms with Gasteiger partial charge < -0.3 is 0 Å². The maximum absolute atomic E-state index is 4.64. The summed E-state index contributed by atoms with van der Waals surface area (Å²) in [6, 6.07) is 0. The third-order valence-corrected chi connectivity index (χ3v) is 0. The molecule has 0 aromatic rings. The van der Waals surface area contributed by atoms with E-state index in [0.717, 1.165) is 0 Å². The first-order valence-electron chi connectivity index (χ1n) is 1.38. The van der Waals surface area contributed by atoms with Crippen LogP contribution in [0.3, 0.4) is 0 Å². The van der Waals surface area contributed by atoms with Gasteiger partial charge in [-0.2, -0.15) is 0 Å². The highest BCUT2D eigenvalue weighted by Gasteiger charge is 0.943. The smallest absolute Gasteiger partial charge is 0.0108 e. The van der Waals surface area contributed by atoms with Crippen molar-refractivity contribution < 1.29 is 0 Å². The zero-order valence-corrected chi connectivity index (χ0v) is 4.13. The normalized spacial score (nSPS) is 2.40. The van der Waals surface area contributed by atoms with Crippen LogP contribution >= 0.6 is 11.6 Å². The maximum atomic E-state index is 4.64. The minimum Gasteiger partial charge on any atom is -0.130 e. The molecule has 0 saturated heterocycles. The lowest BCUT2D eigenvalue weighted by atomic mass is 11.0. The van der Waals surface area contributed by atoms with Gasteiger partial charge in [0, 0.05) is 6.38 Å². The Morgan fingerprint density at radius 2 is 1.00 bits per heavy atom. The maximum Gasteiger partial charge on any atom is 0.0108 e. The van der Waals surface area contributed by atoms with E-state index in [0.29, 0.717) is 0 Å². The van der Waals surface area contributed by atoms with Crippen LogP contribution in [-0.4, -0.2) is 6.38 Å². The Morgan fingerprint density at radius 3 is 1.00 bits per heavy atom.